The van der Waals surface area contributed by atoms with Gasteiger partial charge < -0.3 is 10.7 Å². The molecule has 28 heavy (non-hydrogen) atoms. The van der Waals surface area contributed by atoms with Crippen LogP contribution in [0.5, 0.6) is 0 Å². The molecule has 5 rings (SSSR count). The summed E-state index contributed by atoms with van der Waals surface area (Å²) in [6.45, 7) is 0. The number of hydrogen-bond acceptors (Lipinski definition) is 4. The van der Waals surface area contributed by atoms with Crippen LogP contribution in [0.15, 0.2) is 36.4 Å². The first-order valence-electron chi connectivity index (χ1n) is 8.85. The highest BCUT2D eigenvalue weighted by Gasteiger charge is 2.43. The van der Waals surface area contributed by atoms with E-state index in [4.69, 9.17) is 5.73 Å². The largest absolute Gasteiger partial charge is 0.323 e. The summed E-state index contributed by atoms with van der Waals surface area (Å²) in [5.41, 5.74) is 7.99. The van der Waals surface area contributed by atoms with Gasteiger partial charge in [0.05, 0.1) is 22.3 Å². The van der Waals surface area contributed by atoms with Crippen LogP contribution in [-0.4, -0.2) is 25.4 Å². The first-order chi connectivity index (χ1) is 13.5. The third-order valence-electron chi connectivity index (χ3n) is 4.99. The highest BCUT2D eigenvalue weighted by Crippen LogP contribution is 2.41. The topological polar surface area (TPSA) is 96.3 Å². The molecule has 0 spiro atoms. The number of nitrogens with two attached hydrogens (primary N) is 1. The number of aromatic amines is 2. The fourth-order valence-corrected chi connectivity index (χ4v) is 3.09. The molecule has 0 radical (unpaired) electrons. The molecule has 140 valence electrons. The Labute approximate surface area is 158 Å². The van der Waals surface area contributed by atoms with Crippen molar-refractivity contribution < 1.29 is 8.78 Å². The van der Waals surface area contributed by atoms with E-state index in [1.165, 1.54) is 18.2 Å². The predicted molar refractivity (Wildman–Crippen MR) is 102 cm³/mol. The molecule has 0 saturated heterocycles. The molecule has 0 atom stereocenters. The molecule has 2 aromatic heterocycles. The van der Waals surface area contributed by atoms with Gasteiger partial charge in [-0.1, -0.05) is 18.2 Å². The second-order valence-electron chi connectivity index (χ2n) is 7.05. The molecule has 8 heteroatoms. The van der Waals surface area contributed by atoms with Crippen LogP contribution in [0.4, 0.5) is 8.78 Å². The summed E-state index contributed by atoms with van der Waals surface area (Å²) in [7, 11) is 0. The zero-order valence-electron chi connectivity index (χ0n) is 14.7. The van der Waals surface area contributed by atoms with Crippen molar-refractivity contribution in [2.24, 2.45) is 5.73 Å². The highest BCUT2D eigenvalue weighted by molar-refractivity contribution is 5.92. The Bertz CT molecular complexity index is 1200. The van der Waals surface area contributed by atoms with Gasteiger partial charge in [0.25, 0.3) is 0 Å². The minimum absolute atomic E-state index is 0.292. The van der Waals surface area contributed by atoms with Crippen LogP contribution in [0.25, 0.3) is 34.4 Å². The average Bonchev–Trinajstić information content (AvgIpc) is 3.09. The van der Waals surface area contributed by atoms with Gasteiger partial charge in [0.15, 0.2) is 11.6 Å². The maximum absolute atomic E-state index is 14.6. The lowest BCUT2D eigenvalue weighted by molar-refractivity contribution is 0.627. The standard InChI is InChI=1S/C20H16F2N6/c21-12-4-1-11(2-5-12)3-6-16-14-9-13(15(22)10-17(14)26-25-16)18-24-19(28-27-18)20(23)7-8-20/h1-6,9-10H,7-8,23H2,(H,25,26)(H,24,27,28)/b6-3+. The Morgan fingerprint density at radius 2 is 1.82 bits per heavy atom. The summed E-state index contributed by atoms with van der Waals surface area (Å²) < 4.78 is 27.6. The van der Waals surface area contributed by atoms with Gasteiger partial charge in [-0.25, -0.2) is 8.78 Å². The third-order valence-corrected chi connectivity index (χ3v) is 4.99. The van der Waals surface area contributed by atoms with Gasteiger partial charge in [0.2, 0.25) is 0 Å². The maximum Gasteiger partial charge on any atom is 0.164 e. The third kappa shape index (κ3) is 2.87. The molecule has 1 fully saturated rings. The minimum atomic E-state index is -0.468. The number of H-pyrrole nitrogens is 2. The lowest BCUT2D eigenvalue weighted by Crippen LogP contribution is -2.20. The zero-order chi connectivity index (χ0) is 19.3. The van der Waals surface area contributed by atoms with Crippen molar-refractivity contribution in [3.8, 4) is 11.4 Å². The normalized spacial score (nSPS) is 15.5. The van der Waals surface area contributed by atoms with Crippen LogP contribution in [0.3, 0.4) is 0 Å². The molecular formula is C20H16F2N6. The molecule has 6 nitrogen and oxygen atoms in total. The van der Waals surface area contributed by atoms with Gasteiger partial charge >= 0.3 is 0 Å². The van der Waals surface area contributed by atoms with Gasteiger partial charge in [0, 0.05) is 11.5 Å². The Morgan fingerprint density at radius 3 is 2.57 bits per heavy atom. The van der Waals surface area contributed by atoms with Crippen LogP contribution < -0.4 is 5.73 Å². The number of fused-ring (bicyclic) bond motifs is 1. The molecule has 0 amide bonds. The minimum Gasteiger partial charge on any atom is -0.323 e. The maximum atomic E-state index is 14.6. The number of aromatic nitrogens is 5. The number of halogens is 2. The van der Waals surface area contributed by atoms with Crippen molar-refractivity contribution in [1.29, 1.82) is 0 Å². The zero-order valence-corrected chi connectivity index (χ0v) is 14.7. The molecule has 1 aliphatic rings. The molecule has 1 saturated carbocycles. The van der Waals surface area contributed by atoms with Gasteiger partial charge in [-0.2, -0.15) is 5.10 Å². The summed E-state index contributed by atoms with van der Waals surface area (Å²) in [5.74, 6) is 0.181. The van der Waals surface area contributed by atoms with Crippen molar-refractivity contribution in [3.05, 3.63) is 65.1 Å². The number of benzene rings is 2. The van der Waals surface area contributed by atoms with Crippen LogP contribution in [0.1, 0.15) is 29.9 Å². The Kier molecular flexibility index (Phi) is 3.63. The van der Waals surface area contributed by atoms with E-state index in [9.17, 15) is 8.78 Å². The number of nitrogens with zero attached hydrogens (tertiary/aromatic N) is 3. The Balaban J connectivity index is 1.53. The van der Waals surface area contributed by atoms with E-state index in [0.717, 1.165) is 23.8 Å². The molecule has 2 aromatic carbocycles. The molecule has 0 unspecified atom stereocenters. The number of rotatable bonds is 4. The Morgan fingerprint density at radius 1 is 1.04 bits per heavy atom. The second kappa shape index (κ2) is 6.07. The molecule has 0 bridgehead atoms. The summed E-state index contributed by atoms with van der Waals surface area (Å²) in [6, 6.07) is 9.18. The summed E-state index contributed by atoms with van der Waals surface area (Å²) in [6.07, 6.45) is 5.28. The van der Waals surface area contributed by atoms with Crippen LogP contribution in [0, 0.1) is 11.6 Å². The van der Waals surface area contributed by atoms with Gasteiger partial charge in [-0.3, -0.25) is 5.10 Å². The predicted octanol–water partition coefficient (Wildman–Crippen LogP) is 3.74. The molecule has 0 aliphatic heterocycles. The molecule has 2 heterocycles. The van der Waals surface area contributed by atoms with E-state index >= 15 is 0 Å². The first kappa shape index (κ1) is 16.8. The summed E-state index contributed by atoms with van der Waals surface area (Å²) in [5, 5.41) is 15.9. The monoisotopic (exact) mass is 378 g/mol. The van der Waals surface area contributed by atoms with Crippen molar-refractivity contribution in [2.75, 3.05) is 0 Å². The quantitative estimate of drug-likeness (QED) is 0.504. The van der Waals surface area contributed by atoms with Gasteiger partial charge in [-0.05, 0) is 42.7 Å². The lowest BCUT2D eigenvalue weighted by Gasteiger charge is -2.02. The van der Waals surface area contributed by atoms with Gasteiger partial charge in [-0.15, -0.1) is 10.2 Å². The molecule has 4 aromatic rings. The summed E-state index contributed by atoms with van der Waals surface area (Å²) >= 11 is 0. The van der Waals surface area contributed by atoms with E-state index in [0.29, 0.717) is 28.4 Å². The lowest BCUT2D eigenvalue weighted by atomic mass is 10.1. The van der Waals surface area contributed by atoms with E-state index in [2.05, 4.69) is 25.4 Å². The second-order valence-corrected chi connectivity index (χ2v) is 7.05. The number of nitrogens with one attached hydrogen (secondary N) is 2. The van der Waals surface area contributed by atoms with Crippen molar-refractivity contribution in [3.63, 3.8) is 0 Å². The van der Waals surface area contributed by atoms with Crippen LogP contribution in [0.2, 0.25) is 0 Å². The van der Waals surface area contributed by atoms with E-state index < -0.39 is 11.4 Å². The van der Waals surface area contributed by atoms with Crippen molar-refractivity contribution in [2.45, 2.75) is 18.4 Å². The SMILES string of the molecule is NC1(c2nnc(-c3cc4c(/C=C/c5ccc(F)cc5)n[nH]c4cc3F)[nH]2)CC1. The van der Waals surface area contributed by atoms with E-state index in [1.807, 2.05) is 6.08 Å². The number of hydrogen-bond donors (Lipinski definition) is 3. The van der Waals surface area contributed by atoms with E-state index in [1.54, 1.807) is 24.3 Å². The van der Waals surface area contributed by atoms with Gasteiger partial charge in [0.1, 0.15) is 11.6 Å². The Hall–Kier alpha value is -3.39. The summed E-state index contributed by atoms with van der Waals surface area (Å²) in [4.78, 5) is 3.04. The highest BCUT2D eigenvalue weighted by atomic mass is 19.1. The van der Waals surface area contributed by atoms with Crippen molar-refractivity contribution >= 4 is 23.1 Å². The first-order valence-corrected chi connectivity index (χ1v) is 8.85. The molecular weight excluding hydrogens is 362 g/mol. The molecule has 1 aliphatic carbocycles. The fraction of sp³-hybridized carbons (Fsp3) is 0.150. The van der Waals surface area contributed by atoms with Crippen molar-refractivity contribution in [1.82, 2.24) is 25.4 Å². The molecule has 4 N–H and O–H groups in total. The fourth-order valence-electron chi connectivity index (χ4n) is 3.09. The van der Waals surface area contributed by atoms with Crippen LogP contribution >= 0.6 is 0 Å². The van der Waals surface area contributed by atoms with E-state index in [-0.39, 0.29) is 5.82 Å². The average molecular weight is 378 g/mol. The smallest absolute Gasteiger partial charge is 0.164 e. The van der Waals surface area contributed by atoms with Crippen LogP contribution in [-0.2, 0) is 5.54 Å².